The van der Waals surface area contributed by atoms with Crippen molar-refractivity contribution in [2.75, 3.05) is 5.32 Å². The number of alkyl halides is 1. The quantitative estimate of drug-likeness (QED) is 0.756. The first-order chi connectivity index (χ1) is 9.11. The highest BCUT2D eigenvalue weighted by molar-refractivity contribution is 9.08. The molecule has 98 valence electrons. The Hall–Kier alpha value is -1.03. The molecule has 0 saturated heterocycles. The van der Waals surface area contributed by atoms with Gasteiger partial charge in [-0.1, -0.05) is 57.3 Å². The maximum atomic E-state index is 12.2. The van der Waals surface area contributed by atoms with E-state index in [1.54, 1.807) is 18.2 Å². The lowest BCUT2D eigenvalue weighted by atomic mass is 10.1. The van der Waals surface area contributed by atoms with Crippen LogP contribution in [0.3, 0.4) is 0 Å². The number of hydrogen-bond acceptors (Lipinski definition) is 1. The molecule has 0 fully saturated rings. The predicted molar refractivity (Wildman–Crippen MR) is 83.5 cm³/mol. The number of anilines is 1. The van der Waals surface area contributed by atoms with Crippen molar-refractivity contribution in [3.05, 3.63) is 63.6 Å². The van der Waals surface area contributed by atoms with Crippen LogP contribution in [0.1, 0.15) is 15.9 Å². The zero-order valence-electron chi connectivity index (χ0n) is 9.79. The molecular weight excluding hydrogens is 349 g/mol. The van der Waals surface area contributed by atoms with E-state index in [1.807, 2.05) is 24.3 Å². The molecule has 0 radical (unpaired) electrons. The third-order valence-corrected chi connectivity index (χ3v) is 3.75. The average molecular weight is 359 g/mol. The van der Waals surface area contributed by atoms with Crippen LogP contribution in [0.5, 0.6) is 0 Å². The second kappa shape index (κ2) is 6.42. The molecule has 2 aromatic carbocycles. The molecule has 0 saturated carbocycles. The third kappa shape index (κ3) is 3.50. The van der Waals surface area contributed by atoms with E-state index < -0.39 is 0 Å². The molecule has 2 aromatic rings. The van der Waals surface area contributed by atoms with Crippen LogP contribution in [0.4, 0.5) is 5.69 Å². The highest BCUT2D eigenvalue weighted by Gasteiger charge is 2.12. The summed E-state index contributed by atoms with van der Waals surface area (Å²) in [5, 5.41) is 4.34. The monoisotopic (exact) mass is 357 g/mol. The van der Waals surface area contributed by atoms with E-state index in [0.717, 1.165) is 11.3 Å². The van der Waals surface area contributed by atoms with Crippen LogP contribution < -0.4 is 5.32 Å². The van der Waals surface area contributed by atoms with Gasteiger partial charge < -0.3 is 5.32 Å². The van der Waals surface area contributed by atoms with E-state index in [2.05, 4.69) is 21.2 Å². The minimum absolute atomic E-state index is 0.277. The summed E-state index contributed by atoms with van der Waals surface area (Å²) in [6.07, 6.45) is 0. The van der Waals surface area contributed by atoms with Crippen LogP contribution in [0.25, 0.3) is 0 Å². The van der Waals surface area contributed by atoms with Gasteiger partial charge in [0.05, 0.1) is 10.6 Å². The van der Waals surface area contributed by atoms with E-state index in [1.165, 1.54) is 0 Å². The number of amides is 1. The lowest BCUT2D eigenvalue weighted by molar-refractivity contribution is 0.102. The van der Waals surface area contributed by atoms with Gasteiger partial charge in [0.25, 0.3) is 5.91 Å². The number of carbonyl (C=O) groups is 1. The first-order valence-corrected chi connectivity index (χ1v) is 7.40. The molecule has 0 bridgehead atoms. The molecule has 2 nitrogen and oxygen atoms in total. The Bertz CT molecular complexity index is 616. The van der Waals surface area contributed by atoms with Gasteiger partial charge in [0.15, 0.2) is 0 Å². The number of para-hydroxylation sites is 1. The second-order valence-corrected chi connectivity index (χ2v) is 5.27. The van der Waals surface area contributed by atoms with E-state index in [9.17, 15) is 4.79 Å². The SMILES string of the molecule is O=C(Nc1ccccc1CBr)c1cc(Cl)ccc1Cl. The molecule has 5 heteroatoms. The lowest BCUT2D eigenvalue weighted by Crippen LogP contribution is -2.13. The fourth-order valence-electron chi connectivity index (χ4n) is 1.62. The van der Waals surface area contributed by atoms with Crippen LogP contribution in [0, 0.1) is 0 Å². The number of hydrogen-bond donors (Lipinski definition) is 1. The van der Waals surface area contributed by atoms with Crippen molar-refractivity contribution in [2.45, 2.75) is 5.33 Å². The van der Waals surface area contributed by atoms with Crippen molar-refractivity contribution in [2.24, 2.45) is 0 Å². The highest BCUT2D eigenvalue weighted by atomic mass is 79.9. The van der Waals surface area contributed by atoms with Crippen molar-refractivity contribution in [3.63, 3.8) is 0 Å². The van der Waals surface area contributed by atoms with Gasteiger partial charge in [0.2, 0.25) is 0 Å². The summed E-state index contributed by atoms with van der Waals surface area (Å²) < 4.78 is 0. The van der Waals surface area contributed by atoms with Gasteiger partial charge in [0, 0.05) is 16.0 Å². The van der Waals surface area contributed by atoms with Gasteiger partial charge >= 0.3 is 0 Å². The van der Waals surface area contributed by atoms with Crippen molar-refractivity contribution in [1.29, 1.82) is 0 Å². The molecule has 0 aliphatic rings. The number of carbonyl (C=O) groups excluding carboxylic acids is 1. The molecule has 0 atom stereocenters. The standard InChI is InChI=1S/C14H10BrCl2NO/c15-8-9-3-1-2-4-13(9)18-14(19)11-7-10(16)5-6-12(11)17/h1-7H,8H2,(H,18,19). The van der Waals surface area contributed by atoms with Gasteiger partial charge in [-0.2, -0.15) is 0 Å². The van der Waals surface area contributed by atoms with Crippen LogP contribution in [0.2, 0.25) is 10.0 Å². The zero-order valence-corrected chi connectivity index (χ0v) is 12.9. The fraction of sp³-hybridized carbons (Fsp3) is 0.0714. The molecule has 19 heavy (non-hydrogen) atoms. The lowest BCUT2D eigenvalue weighted by Gasteiger charge is -2.10. The largest absolute Gasteiger partial charge is 0.322 e. The summed E-state index contributed by atoms with van der Waals surface area (Å²) in [5.41, 5.74) is 2.10. The summed E-state index contributed by atoms with van der Waals surface area (Å²) in [6, 6.07) is 12.4. The van der Waals surface area contributed by atoms with Crippen LogP contribution >= 0.6 is 39.1 Å². The molecule has 0 aliphatic heterocycles. The Kier molecular flexibility index (Phi) is 4.86. The number of halogens is 3. The summed E-state index contributed by atoms with van der Waals surface area (Å²) in [6.45, 7) is 0. The van der Waals surface area contributed by atoms with Gasteiger partial charge in [0.1, 0.15) is 0 Å². The van der Waals surface area contributed by atoms with Crippen molar-refractivity contribution in [3.8, 4) is 0 Å². The van der Waals surface area contributed by atoms with Gasteiger partial charge in [-0.3, -0.25) is 4.79 Å². The van der Waals surface area contributed by atoms with Crippen molar-refractivity contribution >= 4 is 50.7 Å². The topological polar surface area (TPSA) is 29.1 Å². The van der Waals surface area contributed by atoms with Crippen LogP contribution in [-0.2, 0) is 5.33 Å². The Morgan fingerprint density at radius 3 is 2.63 bits per heavy atom. The molecule has 1 N–H and O–H groups in total. The van der Waals surface area contributed by atoms with E-state index in [0.29, 0.717) is 20.9 Å². The summed E-state index contributed by atoms with van der Waals surface area (Å²) in [4.78, 5) is 12.2. The molecule has 0 aliphatic carbocycles. The highest BCUT2D eigenvalue weighted by Crippen LogP contribution is 2.23. The smallest absolute Gasteiger partial charge is 0.257 e. The van der Waals surface area contributed by atoms with Crippen LogP contribution in [0.15, 0.2) is 42.5 Å². The molecule has 0 unspecified atom stereocenters. The predicted octanol–water partition coefficient (Wildman–Crippen LogP) is 5.14. The van der Waals surface area contributed by atoms with Gasteiger partial charge in [-0.25, -0.2) is 0 Å². The Labute approximate surface area is 129 Å². The summed E-state index contributed by atoms with van der Waals surface area (Å²) in [7, 11) is 0. The molecule has 2 rings (SSSR count). The summed E-state index contributed by atoms with van der Waals surface area (Å²) in [5.74, 6) is -0.277. The number of benzene rings is 2. The summed E-state index contributed by atoms with van der Waals surface area (Å²) >= 11 is 15.3. The van der Waals surface area contributed by atoms with Crippen molar-refractivity contribution in [1.82, 2.24) is 0 Å². The van der Waals surface area contributed by atoms with Gasteiger partial charge in [-0.05, 0) is 29.8 Å². The Morgan fingerprint density at radius 1 is 1.16 bits per heavy atom. The first kappa shape index (κ1) is 14.4. The second-order valence-electron chi connectivity index (χ2n) is 3.87. The first-order valence-electron chi connectivity index (χ1n) is 5.52. The molecular formula is C14H10BrCl2NO. The Morgan fingerprint density at radius 2 is 1.89 bits per heavy atom. The third-order valence-electron chi connectivity index (χ3n) is 2.58. The normalized spacial score (nSPS) is 10.3. The maximum absolute atomic E-state index is 12.2. The van der Waals surface area contributed by atoms with E-state index >= 15 is 0 Å². The molecule has 0 aromatic heterocycles. The Balaban J connectivity index is 2.28. The maximum Gasteiger partial charge on any atom is 0.257 e. The van der Waals surface area contributed by atoms with E-state index in [-0.39, 0.29) is 5.91 Å². The molecule has 0 spiro atoms. The van der Waals surface area contributed by atoms with E-state index in [4.69, 9.17) is 23.2 Å². The average Bonchev–Trinajstić information content (AvgIpc) is 2.42. The molecule has 1 amide bonds. The molecule has 0 heterocycles. The minimum atomic E-state index is -0.277. The zero-order chi connectivity index (χ0) is 13.8. The minimum Gasteiger partial charge on any atom is -0.322 e. The number of nitrogens with one attached hydrogen (secondary N) is 1. The number of rotatable bonds is 3. The van der Waals surface area contributed by atoms with Gasteiger partial charge in [-0.15, -0.1) is 0 Å². The van der Waals surface area contributed by atoms with Crippen LogP contribution in [-0.4, -0.2) is 5.91 Å². The van der Waals surface area contributed by atoms with Crippen molar-refractivity contribution < 1.29 is 4.79 Å². The fourth-order valence-corrected chi connectivity index (χ4v) is 2.48.